The van der Waals surface area contributed by atoms with E-state index in [-0.39, 0.29) is 0 Å². The van der Waals surface area contributed by atoms with E-state index in [1.165, 1.54) is 11.3 Å². The van der Waals surface area contributed by atoms with Crippen LogP contribution in [0, 0.1) is 0 Å². The molecular weight excluding hydrogens is 282 g/mol. The number of alkyl halides is 1. The number of nitrogens with zero attached hydrogens (tertiary/aromatic N) is 3. The second kappa shape index (κ2) is 4.78. The molecular formula is C17H16ClN3. The minimum Gasteiger partial charge on any atom is -0.321 e. The predicted molar refractivity (Wildman–Crippen MR) is 86.5 cm³/mol. The van der Waals surface area contributed by atoms with Crippen molar-refractivity contribution < 1.29 is 0 Å². The number of fused-ring (bicyclic) bond motifs is 2. The second-order valence-corrected chi connectivity index (χ2v) is 5.76. The van der Waals surface area contributed by atoms with E-state index in [1.807, 2.05) is 24.4 Å². The third-order valence-electron chi connectivity index (χ3n) is 4.17. The first kappa shape index (κ1) is 12.7. The highest BCUT2D eigenvalue weighted by molar-refractivity contribution is 6.17. The van der Waals surface area contributed by atoms with E-state index >= 15 is 0 Å². The van der Waals surface area contributed by atoms with Gasteiger partial charge in [-0.05, 0) is 37.1 Å². The second-order valence-electron chi connectivity index (χ2n) is 5.50. The van der Waals surface area contributed by atoms with Crippen LogP contribution in [0.2, 0.25) is 0 Å². The Bertz CT molecular complexity index is 809. The number of halogens is 1. The summed E-state index contributed by atoms with van der Waals surface area (Å²) in [5, 5.41) is 0. The summed E-state index contributed by atoms with van der Waals surface area (Å²) < 4.78 is 2.08. The molecule has 0 spiro atoms. The van der Waals surface area contributed by atoms with Crippen LogP contribution in [-0.4, -0.2) is 15.4 Å². The lowest BCUT2D eigenvalue weighted by molar-refractivity contribution is 0.749. The smallest absolute Gasteiger partial charge is 0.157 e. The van der Waals surface area contributed by atoms with E-state index in [4.69, 9.17) is 16.6 Å². The first-order valence-corrected chi connectivity index (χ1v) is 7.72. The van der Waals surface area contributed by atoms with Crippen LogP contribution in [0.1, 0.15) is 18.2 Å². The Hall–Kier alpha value is -2.00. The highest BCUT2D eigenvalue weighted by atomic mass is 35.5. The molecule has 0 radical (unpaired) electrons. The summed E-state index contributed by atoms with van der Waals surface area (Å²) in [6.07, 6.45) is 3.07. The summed E-state index contributed by atoms with van der Waals surface area (Å²) in [5.41, 5.74) is 4.62. The van der Waals surface area contributed by atoms with Gasteiger partial charge in [-0.3, -0.25) is 0 Å². The summed E-state index contributed by atoms with van der Waals surface area (Å²) in [4.78, 5) is 7.14. The van der Waals surface area contributed by atoms with Crippen LogP contribution in [0.25, 0.3) is 5.65 Å². The molecule has 3 heterocycles. The summed E-state index contributed by atoms with van der Waals surface area (Å²) in [5.74, 6) is 1.43. The Morgan fingerprint density at radius 3 is 2.86 bits per heavy atom. The van der Waals surface area contributed by atoms with Gasteiger partial charge in [0.2, 0.25) is 0 Å². The molecule has 2 aromatic heterocycles. The molecule has 0 aliphatic carbocycles. The van der Waals surface area contributed by atoms with Crippen molar-refractivity contribution in [1.82, 2.24) is 9.38 Å². The minimum atomic E-state index is 0.397. The molecule has 106 valence electrons. The lowest BCUT2D eigenvalue weighted by Crippen LogP contribution is -2.25. The molecule has 1 atom stereocenters. The van der Waals surface area contributed by atoms with Gasteiger partial charge in [-0.25, -0.2) is 4.98 Å². The number of hydrogen-bond acceptors (Lipinski definition) is 2. The zero-order chi connectivity index (χ0) is 14.4. The van der Waals surface area contributed by atoms with Crippen molar-refractivity contribution in [3.63, 3.8) is 0 Å². The molecule has 1 aliphatic heterocycles. The molecule has 3 nitrogen and oxygen atoms in total. The van der Waals surface area contributed by atoms with Gasteiger partial charge in [0.1, 0.15) is 5.65 Å². The molecule has 1 unspecified atom stereocenters. The van der Waals surface area contributed by atoms with Crippen molar-refractivity contribution in [3.05, 3.63) is 59.9 Å². The number of rotatable bonds is 2. The first-order valence-electron chi connectivity index (χ1n) is 7.18. The van der Waals surface area contributed by atoms with Crippen molar-refractivity contribution in [3.8, 4) is 0 Å². The van der Waals surface area contributed by atoms with E-state index in [2.05, 4.69) is 40.5 Å². The molecule has 4 heteroatoms. The van der Waals surface area contributed by atoms with E-state index in [9.17, 15) is 0 Å². The van der Waals surface area contributed by atoms with Gasteiger partial charge in [0.15, 0.2) is 5.82 Å². The van der Waals surface area contributed by atoms with Gasteiger partial charge in [0.25, 0.3) is 0 Å². The normalized spacial score (nSPS) is 17.4. The molecule has 0 saturated heterocycles. The number of imidazole rings is 1. The number of hydrogen-bond donors (Lipinski definition) is 0. The minimum absolute atomic E-state index is 0.397. The van der Waals surface area contributed by atoms with Crippen LogP contribution in [0.15, 0.2) is 48.7 Å². The monoisotopic (exact) mass is 297 g/mol. The molecule has 0 amide bonds. The average molecular weight is 298 g/mol. The Kier molecular flexibility index (Phi) is 2.89. The maximum absolute atomic E-state index is 6.22. The lowest BCUT2D eigenvalue weighted by Gasteiger charge is -2.23. The van der Waals surface area contributed by atoms with Gasteiger partial charge in [-0.1, -0.05) is 24.3 Å². The molecule has 0 bridgehead atoms. The fourth-order valence-corrected chi connectivity index (χ4v) is 3.49. The molecule has 3 aromatic rings. The van der Waals surface area contributed by atoms with Crippen molar-refractivity contribution in [2.45, 2.75) is 25.3 Å². The van der Waals surface area contributed by atoms with E-state index < -0.39 is 0 Å². The topological polar surface area (TPSA) is 20.5 Å². The van der Waals surface area contributed by atoms with Crippen molar-refractivity contribution >= 4 is 28.8 Å². The van der Waals surface area contributed by atoms with Gasteiger partial charge >= 0.3 is 0 Å². The largest absolute Gasteiger partial charge is 0.321 e. The quantitative estimate of drug-likeness (QED) is 0.662. The van der Waals surface area contributed by atoms with Gasteiger partial charge in [0, 0.05) is 17.9 Å². The highest BCUT2D eigenvalue weighted by Crippen LogP contribution is 2.39. The zero-order valence-corrected chi connectivity index (χ0v) is 12.6. The summed E-state index contributed by atoms with van der Waals surface area (Å²) in [6.45, 7) is 2.24. The van der Waals surface area contributed by atoms with Crippen LogP contribution in [0.3, 0.4) is 0 Å². The number of anilines is 2. The Morgan fingerprint density at radius 1 is 1.19 bits per heavy atom. The van der Waals surface area contributed by atoms with Gasteiger partial charge in [0.05, 0.1) is 11.6 Å². The van der Waals surface area contributed by atoms with Crippen molar-refractivity contribution in [2.75, 3.05) is 4.90 Å². The third-order valence-corrected chi connectivity index (χ3v) is 4.42. The van der Waals surface area contributed by atoms with Crippen molar-refractivity contribution in [1.29, 1.82) is 0 Å². The SMILES string of the molecule is CC1Cc2ccccc2N1c1nc2ccccn2c1CCl. The van der Waals surface area contributed by atoms with Crippen LogP contribution < -0.4 is 4.90 Å². The van der Waals surface area contributed by atoms with Crippen LogP contribution in [0.5, 0.6) is 0 Å². The fourth-order valence-electron chi connectivity index (χ4n) is 3.24. The molecule has 0 saturated carbocycles. The molecule has 1 aromatic carbocycles. The van der Waals surface area contributed by atoms with Crippen LogP contribution >= 0.6 is 11.6 Å². The molecule has 21 heavy (non-hydrogen) atoms. The van der Waals surface area contributed by atoms with Crippen LogP contribution in [0.4, 0.5) is 11.5 Å². The van der Waals surface area contributed by atoms with E-state index in [0.29, 0.717) is 11.9 Å². The van der Waals surface area contributed by atoms with Gasteiger partial charge in [-0.2, -0.15) is 0 Å². The van der Waals surface area contributed by atoms with Gasteiger partial charge in [-0.15, -0.1) is 11.6 Å². The van der Waals surface area contributed by atoms with E-state index in [0.717, 1.165) is 23.6 Å². The number of benzene rings is 1. The standard InChI is InChI=1S/C17H16ClN3/c1-12-10-13-6-2-3-7-14(13)21(12)17-15(11-18)20-9-5-4-8-16(20)19-17/h2-9,12H,10-11H2,1H3. The predicted octanol–water partition coefficient (Wildman–Crippen LogP) is 4.16. The lowest BCUT2D eigenvalue weighted by atomic mass is 10.1. The van der Waals surface area contributed by atoms with Crippen molar-refractivity contribution in [2.24, 2.45) is 0 Å². The maximum atomic E-state index is 6.22. The summed E-state index contributed by atoms with van der Waals surface area (Å²) in [6, 6.07) is 15.0. The Morgan fingerprint density at radius 2 is 2.00 bits per heavy atom. The fraction of sp³-hybridized carbons (Fsp3) is 0.235. The van der Waals surface area contributed by atoms with E-state index in [1.54, 1.807) is 0 Å². The maximum Gasteiger partial charge on any atom is 0.157 e. The number of pyridine rings is 1. The number of aromatic nitrogens is 2. The summed E-state index contributed by atoms with van der Waals surface area (Å²) in [7, 11) is 0. The molecule has 0 fully saturated rings. The number of para-hydroxylation sites is 1. The Labute approximate surface area is 128 Å². The van der Waals surface area contributed by atoms with Gasteiger partial charge < -0.3 is 9.30 Å². The zero-order valence-electron chi connectivity index (χ0n) is 11.8. The molecule has 4 rings (SSSR count). The third kappa shape index (κ3) is 1.84. The summed E-state index contributed by atoms with van der Waals surface area (Å²) >= 11 is 6.22. The first-order chi connectivity index (χ1) is 10.3. The average Bonchev–Trinajstić information content (AvgIpc) is 3.02. The molecule has 0 N–H and O–H groups in total. The van der Waals surface area contributed by atoms with Crippen LogP contribution in [-0.2, 0) is 12.3 Å². The molecule has 1 aliphatic rings. The highest BCUT2D eigenvalue weighted by Gasteiger charge is 2.30. The Balaban J connectivity index is 1.94.